The fourth-order valence-electron chi connectivity index (χ4n) is 2.72. The van der Waals surface area contributed by atoms with Crippen LogP contribution < -0.4 is 10.6 Å². The molecule has 0 aliphatic rings. The van der Waals surface area contributed by atoms with Crippen molar-refractivity contribution in [3.05, 3.63) is 54.1 Å². The Bertz CT molecular complexity index is 679. The molecule has 0 saturated heterocycles. The Morgan fingerprint density at radius 1 is 1.23 bits per heavy atom. The molecule has 0 amide bonds. The highest BCUT2D eigenvalue weighted by Gasteiger charge is 2.22. The SMILES string of the molecule is CCNC(=NCC(C)(O)c1ccccc1)NCCCCn1ccnc1C. The normalized spacial score (nSPS) is 14.1. The van der Waals surface area contributed by atoms with Gasteiger partial charge in [0.1, 0.15) is 11.4 Å². The number of aryl methyl sites for hydroxylation is 2. The van der Waals surface area contributed by atoms with E-state index in [-0.39, 0.29) is 0 Å². The van der Waals surface area contributed by atoms with Crippen LogP contribution >= 0.6 is 0 Å². The van der Waals surface area contributed by atoms with E-state index in [0.717, 1.165) is 49.8 Å². The Hall–Kier alpha value is -2.34. The summed E-state index contributed by atoms with van der Waals surface area (Å²) < 4.78 is 2.16. The van der Waals surface area contributed by atoms with Gasteiger partial charge in [-0.3, -0.25) is 0 Å². The fourth-order valence-corrected chi connectivity index (χ4v) is 2.72. The predicted octanol–water partition coefficient (Wildman–Crippen LogP) is 2.43. The molecule has 0 aliphatic heterocycles. The molecule has 1 atom stereocenters. The van der Waals surface area contributed by atoms with E-state index in [4.69, 9.17) is 0 Å². The molecule has 1 heterocycles. The zero-order chi connectivity index (χ0) is 18.8. The summed E-state index contributed by atoms with van der Waals surface area (Å²) in [5.74, 6) is 1.79. The first-order valence-corrected chi connectivity index (χ1v) is 9.31. The Morgan fingerprint density at radius 2 is 2.00 bits per heavy atom. The van der Waals surface area contributed by atoms with E-state index in [0.29, 0.717) is 6.54 Å². The maximum atomic E-state index is 10.7. The third-order valence-corrected chi connectivity index (χ3v) is 4.33. The molecule has 1 unspecified atom stereocenters. The Kier molecular flexibility index (Phi) is 7.66. The highest BCUT2D eigenvalue weighted by atomic mass is 16.3. The number of nitrogens with one attached hydrogen (secondary N) is 2. The van der Waals surface area contributed by atoms with Gasteiger partial charge < -0.3 is 20.3 Å². The minimum absolute atomic E-state index is 0.306. The molecule has 2 rings (SSSR count). The van der Waals surface area contributed by atoms with Crippen LogP contribution in [0.4, 0.5) is 0 Å². The molecule has 6 heteroatoms. The molecule has 0 saturated carbocycles. The predicted molar refractivity (Wildman–Crippen MR) is 106 cm³/mol. The first kappa shape index (κ1) is 20.0. The van der Waals surface area contributed by atoms with Gasteiger partial charge in [-0.2, -0.15) is 0 Å². The lowest BCUT2D eigenvalue weighted by atomic mass is 9.96. The van der Waals surface area contributed by atoms with Gasteiger partial charge in [-0.05, 0) is 39.2 Å². The van der Waals surface area contributed by atoms with Gasteiger partial charge in [0.15, 0.2) is 5.96 Å². The maximum absolute atomic E-state index is 10.7. The van der Waals surface area contributed by atoms with Gasteiger partial charge in [-0.1, -0.05) is 30.3 Å². The van der Waals surface area contributed by atoms with Crippen molar-refractivity contribution in [1.29, 1.82) is 0 Å². The number of aliphatic hydroxyl groups is 1. The van der Waals surface area contributed by atoms with E-state index < -0.39 is 5.60 Å². The topological polar surface area (TPSA) is 74.5 Å². The second-order valence-corrected chi connectivity index (χ2v) is 6.64. The van der Waals surface area contributed by atoms with Crippen LogP contribution in [0.15, 0.2) is 47.7 Å². The number of guanidine groups is 1. The van der Waals surface area contributed by atoms with Gasteiger partial charge in [0.05, 0.1) is 6.54 Å². The number of imidazole rings is 1. The zero-order valence-corrected chi connectivity index (χ0v) is 16.1. The third kappa shape index (κ3) is 6.19. The molecule has 0 radical (unpaired) electrons. The highest BCUT2D eigenvalue weighted by Crippen LogP contribution is 2.20. The van der Waals surface area contributed by atoms with Crippen molar-refractivity contribution in [2.24, 2.45) is 4.99 Å². The van der Waals surface area contributed by atoms with Crippen molar-refractivity contribution in [1.82, 2.24) is 20.2 Å². The van der Waals surface area contributed by atoms with Crippen LogP contribution in [0, 0.1) is 6.92 Å². The van der Waals surface area contributed by atoms with E-state index in [1.165, 1.54) is 0 Å². The average molecular weight is 358 g/mol. The van der Waals surface area contributed by atoms with Gasteiger partial charge >= 0.3 is 0 Å². The standard InChI is InChI=1S/C20H31N5O/c1-4-21-19(23-12-8-9-14-25-15-13-22-17(25)2)24-16-20(3,26)18-10-6-5-7-11-18/h5-7,10-11,13,15,26H,4,8-9,12,14,16H2,1-3H3,(H2,21,23,24). The largest absolute Gasteiger partial charge is 0.384 e. The van der Waals surface area contributed by atoms with Crippen molar-refractivity contribution in [3.63, 3.8) is 0 Å². The number of hydrogen-bond donors (Lipinski definition) is 3. The summed E-state index contributed by atoms with van der Waals surface area (Å²) in [6, 6.07) is 9.65. The van der Waals surface area contributed by atoms with E-state index >= 15 is 0 Å². The van der Waals surface area contributed by atoms with Crippen LogP contribution in [0.2, 0.25) is 0 Å². The zero-order valence-electron chi connectivity index (χ0n) is 16.1. The average Bonchev–Trinajstić information content (AvgIpc) is 3.05. The van der Waals surface area contributed by atoms with Crippen molar-refractivity contribution in [3.8, 4) is 0 Å². The quantitative estimate of drug-likeness (QED) is 0.366. The molecule has 2 aromatic rings. The van der Waals surface area contributed by atoms with Crippen LogP contribution in [0.5, 0.6) is 0 Å². The summed E-state index contributed by atoms with van der Waals surface area (Å²) >= 11 is 0. The second-order valence-electron chi connectivity index (χ2n) is 6.64. The monoisotopic (exact) mass is 357 g/mol. The maximum Gasteiger partial charge on any atom is 0.191 e. The third-order valence-electron chi connectivity index (χ3n) is 4.33. The van der Waals surface area contributed by atoms with E-state index in [9.17, 15) is 5.11 Å². The van der Waals surface area contributed by atoms with Gasteiger partial charge in [0, 0.05) is 32.0 Å². The van der Waals surface area contributed by atoms with E-state index in [1.54, 1.807) is 6.92 Å². The molecule has 142 valence electrons. The fraction of sp³-hybridized carbons (Fsp3) is 0.500. The molecular weight excluding hydrogens is 326 g/mol. The van der Waals surface area contributed by atoms with Crippen LogP contribution in [0.1, 0.15) is 38.1 Å². The van der Waals surface area contributed by atoms with Crippen molar-refractivity contribution >= 4 is 5.96 Å². The highest BCUT2D eigenvalue weighted by molar-refractivity contribution is 5.79. The molecular formula is C20H31N5O. The van der Waals surface area contributed by atoms with Gasteiger partial charge in [0.2, 0.25) is 0 Å². The number of benzene rings is 1. The lowest BCUT2D eigenvalue weighted by molar-refractivity contribution is 0.0672. The molecule has 26 heavy (non-hydrogen) atoms. The van der Waals surface area contributed by atoms with E-state index in [2.05, 4.69) is 25.2 Å². The summed E-state index contributed by atoms with van der Waals surface area (Å²) in [5.41, 5.74) is -0.113. The first-order valence-electron chi connectivity index (χ1n) is 9.31. The van der Waals surface area contributed by atoms with E-state index in [1.807, 2.05) is 56.6 Å². The number of unbranched alkanes of at least 4 members (excludes halogenated alkanes) is 1. The molecule has 0 bridgehead atoms. The van der Waals surface area contributed by atoms with Crippen molar-refractivity contribution in [2.75, 3.05) is 19.6 Å². The van der Waals surface area contributed by atoms with Crippen LogP contribution in [0.3, 0.4) is 0 Å². The Labute approximate surface area is 156 Å². The summed E-state index contributed by atoms with van der Waals surface area (Å²) in [6.07, 6.45) is 5.96. The van der Waals surface area contributed by atoms with Gasteiger partial charge in [0.25, 0.3) is 0 Å². The number of aromatic nitrogens is 2. The molecule has 3 N–H and O–H groups in total. The molecule has 6 nitrogen and oxygen atoms in total. The van der Waals surface area contributed by atoms with Crippen LogP contribution in [-0.4, -0.2) is 40.3 Å². The van der Waals surface area contributed by atoms with Crippen LogP contribution in [0.25, 0.3) is 0 Å². The lowest BCUT2D eigenvalue weighted by Gasteiger charge is -2.22. The Balaban J connectivity index is 1.79. The first-order chi connectivity index (χ1) is 12.5. The number of aliphatic imine (C=N–C) groups is 1. The molecule has 0 aliphatic carbocycles. The second kappa shape index (κ2) is 9.97. The molecule has 1 aromatic carbocycles. The van der Waals surface area contributed by atoms with Gasteiger partial charge in [-0.15, -0.1) is 0 Å². The van der Waals surface area contributed by atoms with Crippen LogP contribution in [-0.2, 0) is 12.1 Å². The minimum atomic E-state index is -0.984. The summed E-state index contributed by atoms with van der Waals surface area (Å²) in [4.78, 5) is 8.79. The summed E-state index contributed by atoms with van der Waals surface area (Å²) in [5, 5.41) is 17.2. The Morgan fingerprint density at radius 3 is 2.65 bits per heavy atom. The van der Waals surface area contributed by atoms with Crippen molar-refractivity contribution < 1.29 is 5.11 Å². The van der Waals surface area contributed by atoms with Gasteiger partial charge in [-0.25, -0.2) is 9.98 Å². The number of hydrogen-bond acceptors (Lipinski definition) is 3. The smallest absolute Gasteiger partial charge is 0.191 e. The molecule has 0 spiro atoms. The summed E-state index contributed by atoms with van der Waals surface area (Å²) in [7, 11) is 0. The van der Waals surface area contributed by atoms with Crippen molar-refractivity contribution in [2.45, 2.75) is 45.8 Å². The number of rotatable bonds is 9. The molecule has 1 aromatic heterocycles. The minimum Gasteiger partial charge on any atom is -0.384 e. The molecule has 0 fully saturated rings. The summed E-state index contributed by atoms with van der Waals surface area (Å²) in [6.45, 7) is 8.76. The lowest BCUT2D eigenvalue weighted by Crippen LogP contribution is -2.39. The number of nitrogens with zero attached hydrogens (tertiary/aromatic N) is 3.